The first-order valence-electron chi connectivity index (χ1n) is 6.78. The van der Waals surface area contributed by atoms with Gasteiger partial charge in [0.05, 0.1) is 18.2 Å². The van der Waals surface area contributed by atoms with E-state index in [0.717, 1.165) is 13.0 Å². The lowest BCUT2D eigenvalue weighted by atomic mass is 10.1. The van der Waals surface area contributed by atoms with Crippen LogP contribution in [0.4, 0.5) is 0 Å². The molecule has 0 aliphatic carbocycles. The molecular formula is C16H18N2O3. The molecular weight excluding hydrogens is 268 g/mol. The Hall–Kier alpha value is -2.56. The molecule has 1 N–H and O–H groups in total. The Morgan fingerprint density at radius 1 is 1.10 bits per heavy atom. The summed E-state index contributed by atoms with van der Waals surface area (Å²) >= 11 is 0. The molecule has 0 fully saturated rings. The quantitative estimate of drug-likeness (QED) is 0.653. The first-order valence-corrected chi connectivity index (χ1v) is 6.78. The molecule has 2 rings (SSSR count). The minimum absolute atomic E-state index is 0.261. The van der Waals surface area contributed by atoms with Crippen molar-refractivity contribution < 1.29 is 14.3 Å². The highest BCUT2D eigenvalue weighted by Crippen LogP contribution is 2.10. The summed E-state index contributed by atoms with van der Waals surface area (Å²) in [5.74, 6) is -0.767. The van der Waals surface area contributed by atoms with E-state index in [1.807, 2.05) is 24.5 Å². The van der Waals surface area contributed by atoms with E-state index in [4.69, 9.17) is 0 Å². The van der Waals surface area contributed by atoms with Gasteiger partial charge in [-0.3, -0.25) is 4.79 Å². The molecule has 0 radical (unpaired) electrons. The molecule has 0 unspecified atom stereocenters. The van der Waals surface area contributed by atoms with Gasteiger partial charge in [0.15, 0.2) is 0 Å². The van der Waals surface area contributed by atoms with Crippen molar-refractivity contribution in [3.8, 4) is 0 Å². The zero-order chi connectivity index (χ0) is 15.1. The van der Waals surface area contributed by atoms with Crippen LogP contribution >= 0.6 is 0 Å². The lowest BCUT2D eigenvalue weighted by Gasteiger charge is -2.09. The van der Waals surface area contributed by atoms with Crippen LogP contribution in [0.3, 0.4) is 0 Å². The fraction of sp³-hybridized carbons (Fsp3) is 0.250. The van der Waals surface area contributed by atoms with E-state index in [9.17, 15) is 9.59 Å². The van der Waals surface area contributed by atoms with Crippen molar-refractivity contribution in [1.29, 1.82) is 0 Å². The van der Waals surface area contributed by atoms with Crippen molar-refractivity contribution in [2.75, 3.05) is 13.7 Å². The van der Waals surface area contributed by atoms with Gasteiger partial charge < -0.3 is 14.6 Å². The smallest absolute Gasteiger partial charge is 0.338 e. The summed E-state index contributed by atoms with van der Waals surface area (Å²) in [5, 5.41) is 2.82. The number of amides is 1. The summed E-state index contributed by atoms with van der Waals surface area (Å²) in [7, 11) is 1.30. The standard InChI is InChI=1S/C16H18N2O3/c1-21-16(20)14-8-3-2-7-13(14)15(19)17-9-6-12-18-10-4-5-11-18/h2-5,7-8,10-11H,6,9,12H2,1H3,(H,17,19). The number of carbonyl (C=O) groups excluding carboxylic acids is 2. The van der Waals surface area contributed by atoms with E-state index in [-0.39, 0.29) is 11.5 Å². The number of ether oxygens (including phenoxy) is 1. The van der Waals surface area contributed by atoms with Gasteiger partial charge >= 0.3 is 5.97 Å². The number of esters is 1. The molecule has 110 valence electrons. The minimum Gasteiger partial charge on any atom is -0.465 e. The van der Waals surface area contributed by atoms with Crippen molar-refractivity contribution >= 4 is 11.9 Å². The van der Waals surface area contributed by atoms with Crippen LogP contribution in [0.1, 0.15) is 27.1 Å². The molecule has 0 saturated heterocycles. The van der Waals surface area contributed by atoms with E-state index in [0.29, 0.717) is 12.1 Å². The summed E-state index contributed by atoms with van der Waals surface area (Å²) in [4.78, 5) is 23.7. The minimum atomic E-state index is -0.506. The van der Waals surface area contributed by atoms with Gasteiger partial charge in [-0.1, -0.05) is 12.1 Å². The van der Waals surface area contributed by atoms with Gasteiger partial charge in [0, 0.05) is 25.5 Å². The van der Waals surface area contributed by atoms with Crippen LogP contribution in [0.25, 0.3) is 0 Å². The monoisotopic (exact) mass is 286 g/mol. The highest BCUT2D eigenvalue weighted by molar-refractivity contribution is 6.05. The number of methoxy groups -OCH3 is 1. The maximum atomic E-state index is 12.1. The molecule has 1 aromatic heterocycles. The molecule has 0 aliphatic rings. The summed E-state index contributed by atoms with van der Waals surface area (Å²) < 4.78 is 6.73. The number of hydrogen-bond acceptors (Lipinski definition) is 3. The molecule has 5 heteroatoms. The first kappa shape index (κ1) is 14.8. The zero-order valence-corrected chi connectivity index (χ0v) is 11.9. The third-order valence-corrected chi connectivity index (χ3v) is 3.12. The van der Waals surface area contributed by atoms with Gasteiger partial charge in [-0.05, 0) is 30.7 Å². The lowest BCUT2D eigenvalue weighted by molar-refractivity contribution is 0.0596. The predicted molar refractivity (Wildman–Crippen MR) is 79.2 cm³/mol. The third-order valence-electron chi connectivity index (χ3n) is 3.12. The molecule has 2 aromatic rings. The summed E-state index contributed by atoms with van der Waals surface area (Å²) in [6.45, 7) is 1.39. The lowest BCUT2D eigenvalue weighted by Crippen LogP contribution is -2.27. The van der Waals surface area contributed by atoms with Gasteiger partial charge in [0.25, 0.3) is 5.91 Å². The maximum absolute atomic E-state index is 12.1. The van der Waals surface area contributed by atoms with Crippen LogP contribution in [-0.2, 0) is 11.3 Å². The SMILES string of the molecule is COC(=O)c1ccccc1C(=O)NCCCn1cccc1. The van der Waals surface area contributed by atoms with Gasteiger partial charge in [0.2, 0.25) is 0 Å². The number of nitrogens with one attached hydrogen (secondary N) is 1. The number of aromatic nitrogens is 1. The Labute approximate surface area is 123 Å². The average Bonchev–Trinajstić information content (AvgIpc) is 3.04. The largest absolute Gasteiger partial charge is 0.465 e. The highest BCUT2D eigenvalue weighted by atomic mass is 16.5. The Bertz CT molecular complexity index is 606. The summed E-state index contributed by atoms with van der Waals surface area (Å²) in [6, 6.07) is 10.6. The number of hydrogen-bond donors (Lipinski definition) is 1. The van der Waals surface area contributed by atoms with Crippen molar-refractivity contribution in [2.24, 2.45) is 0 Å². The molecule has 5 nitrogen and oxygen atoms in total. The molecule has 0 saturated carbocycles. The van der Waals surface area contributed by atoms with Crippen molar-refractivity contribution in [1.82, 2.24) is 9.88 Å². The number of nitrogens with zero attached hydrogens (tertiary/aromatic N) is 1. The van der Waals surface area contributed by atoms with Gasteiger partial charge in [-0.25, -0.2) is 4.79 Å². The van der Waals surface area contributed by atoms with Crippen LogP contribution in [0.2, 0.25) is 0 Å². The van der Waals surface area contributed by atoms with Crippen LogP contribution < -0.4 is 5.32 Å². The van der Waals surface area contributed by atoms with E-state index in [1.165, 1.54) is 7.11 Å². The van der Waals surface area contributed by atoms with Crippen LogP contribution in [0.15, 0.2) is 48.8 Å². The van der Waals surface area contributed by atoms with E-state index in [2.05, 4.69) is 14.6 Å². The zero-order valence-electron chi connectivity index (χ0n) is 11.9. The van der Waals surface area contributed by atoms with Crippen molar-refractivity contribution in [2.45, 2.75) is 13.0 Å². The first-order chi connectivity index (χ1) is 10.2. The second-order valence-corrected chi connectivity index (χ2v) is 4.57. The second-order valence-electron chi connectivity index (χ2n) is 4.57. The number of benzene rings is 1. The Morgan fingerprint density at radius 2 is 1.76 bits per heavy atom. The Kier molecular flexibility index (Phi) is 5.15. The molecule has 0 atom stereocenters. The number of carbonyl (C=O) groups is 2. The van der Waals surface area contributed by atoms with Crippen LogP contribution in [0, 0.1) is 0 Å². The van der Waals surface area contributed by atoms with Crippen molar-refractivity contribution in [3.05, 3.63) is 59.9 Å². The Balaban J connectivity index is 1.90. The van der Waals surface area contributed by atoms with Gasteiger partial charge in [0.1, 0.15) is 0 Å². The van der Waals surface area contributed by atoms with Crippen molar-refractivity contribution in [3.63, 3.8) is 0 Å². The predicted octanol–water partition coefficient (Wildman–Crippen LogP) is 2.09. The summed E-state index contributed by atoms with van der Waals surface area (Å²) in [6.07, 6.45) is 4.78. The number of rotatable bonds is 6. The molecule has 21 heavy (non-hydrogen) atoms. The van der Waals surface area contributed by atoms with E-state index < -0.39 is 5.97 Å². The Morgan fingerprint density at radius 3 is 2.43 bits per heavy atom. The maximum Gasteiger partial charge on any atom is 0.338 e. The van der Waals surface area contributed by atoms with Gasteiger partial charge in [-0.15, -0.1) is 0 Å². The summed E-state index contributed by atoms with van der Waals surface area (Å²) in [5.41, 5.74) is 0.619. The third kappa shape index (κ3) is 3.95. The van der Waals surface area contributed by atoms with Crippen LogP contribution in [0.5, 0.6) is 0 Å². The molecule has 0 spiro atoms. The van der Waals surface area contributed by atoms with E-state index in [1.54, 1.807) is 24.3 Å². The normalized spacial score (nSPS) is 10.1. The average molecular weight is 286 g/mol. The van der Waals surface area contributed by atoms with Crippen LogP contribution in [-0.4, -0.2) is 30.1 Å². The molecule has 1 amide bonds. The molecule has 0 aliphatic heterocycles. The second kappa shape index (κ2) is 7.28. The number of aryl methyl sites for hydroxylation is 1. The van der Waals surface area contributed by atoms with Gasteiger partial charge in [-0.2, -0.15) is 0 Å². The fourth-order valence-electron chi connectivity index (χ4n) is 2.05. The molecule has 0 bridgehead atoms. The highest BCUT2D eigenvalue weighted by Gasteiger charge is 2.16. The molecule has 1 heterocycles. The molecule has 1 aromatic carbocycles. The fourth-order valence-corrected chi connectivity index (χ4v) is 2.05. The van der Waals surface area contributed by atoms with E-state index >= 15 is 0 Å². The topological polar surface area (TPSA) is 60.3 Å².